The van der Waals surface area contributed by atoms with Crippen molar-refractivity contribution in [2.45, 2.75) is 50.1 Å². The molecule has 7 rings (SSSR count). The number of halogens is 3. The number of pyridine rings is 1. The van der Waals surface area contributed by atoms with Gasteiger partial charge in [0.15, 0.2) is 5.82 Å². The van der Waals surface area contributed by atoms with E-state index in [2.05, 4.69) is 30.4 Å². The van der Waals surface area contributed by atoms with Gasteiger partial charge in [0.25, 0.3) is 0 Å². The van der Waals surface area contributed by atoms with Crippen molar-refractivity contribution in [3.63, 3.8) is 0 Å². The highest BCUT2D eigenvalue weighted by Gasteiger charge is 2.45. The van der Waals surface area contributed by atoms with Crippen molar-refractivity contribution < 1.29 is 23.0 Å². The minimum atomic E-state index is -1.18. The fraction of sp³-hybridized carbons (Fsp3) is 0.500. The Morgan fingerprint density at radius 3 is 2.73 bits per heavy atom. The van der Waals surface area contributed by atoms with Crippen molar-refractivity contribution in [3.05, 3.63) is 35.4 Å². The van der Waals surface area contributed by atoms with Crippen LogP contribution in [0, 0.1) is 5.82 Å². The summed E-state index contributed by atoms with van der Waals surface area (Å²) >= 11 is 6.36. The molecule has 11 nitrogen and oxygen atoms in total. The van der Waals surface area contributed by atoms with Crippen LogP contribution in [0.3, 0.4) is 0 Å². The van der Waals surface area contributed by atoms with Gasteiger partial charge < -0.3 is 19.7 Å². The lowest BCUT2D eigenvalue weighted by atomic mass is 9.95. The third-order valence-electron chi connectivity index (χ3n) is 9.26. The standard InChI is InChI=1S/C30H33ClF2N8O3/c1-2-43-28(42)38-29(15-32)7-10-40(16-29)26-21-13-34-24(19-11-18(31)12-22-20(19)14-35-39-22)23(33)25(21)36-27(37-26)44-17-30-5-3-8-41(30)9-4-6-30/h11-14H,2-10,15-17H2,1H3,(H,35,39)(H,38,42)/t29-/m0/s1. The van der Waals surface area contributed by atoms with Crippen LogP contribution in [0.25, 0.3) is 33.1 Å². The zero-order valence-electron chi connectivity index (χ0n) is 24.3. The maximum atomic E-state index is 16.6. The van der Waals surface area contributed by atoms with Gasteiger partial charge in [-0.25, -0.2) is 13.6 Å². The van der Waals surface area contributed by atoms with E-state index in [0.29, 0.717) is 52.3 Å². The SMILES string of the molecule is CCOC(=O)N[C@]1(CF)CCN(c2nc(OCC34CCCN3CCC4)nc3c(F)c(-c4cc(Cl)cc5[nH]ncc45)ncc23)C1. The van der Waals surface area contributed by atoms with Crippen LogP contribution in [0.5, 0.6) is 6.01 Å². The number of rotatable bonds is 8. The highest BCUT2D eigenvalue weighted by Crippen LogP contribution is 2.40. The smallest absolute Gasteiger partial charge is 0.407 e. The maximum absolute atomic E-state index is 16.6. The highest BCUT2D eigenvalue weighted by molar-refractivity contribution is 6.31. The number of H-pyrrole nitrogens is 1. The van der Waals surface area contributed by atoms with Crippen LogP contribution in [-0.2, 0) is 4.74 Å². The zero-order valence-corrected chi connectivity index (χ0v) is 25.1. The molecule has 0 unspecified atom stereocenters. The van der Waals surface area contributed by atoms with E-state index >= 15 is 4.39 Å². The van der Waals surface area contributed by atoms with Gasteiger partial charge in [0.2, 0.25) is 0 Å². The fourth-order valence-electron chi connectivity index (χ4n) is 7.07. The van der Waals surface area contributed by atoms with E-state index in [-0.39, 0.29) is 35.9 Å². The monoisotopic (exact) mass is 626 g/mol. The largest absolute Gasteiger partial charge is 0.461 e. The van der Waals surface area contributed by atoms with Gasteiger partial charge in [-0.05, 0) is 64.3 Å². The number of carbonyl (C=O) groups is 1. The van der Waals surface area contributed by atoms with Crippen molar-refractivity contribution in [1.82, 2.24) is 35.4 Å². The van der Waals surface area contributed by atoms with E-state index in [0.717, 1.165) is 38.8 Å². The van der Waals surface area contributed by atoms with Crippen LogP contribution in [0.2, 0.25) is 5.02 Å². The van der Waals surface area contributed by atoms with E-state index in [1.807, 2.05) is 4.90 Å². The number of hydrogen-bond acceptors (Lipinski definition) is 9. The summed E-state index contributed by atoms with van der Waals surface area (Å²) in [6.45, 7) is 3.95. The molecule has 3 aromatic heterocycles. The number of carbonyl (C=O) groups excluding carboxylic acids is 1. The predicted molar refractivity (Wildman–Crippen MR) is 161 cm³/mol. The minimum Gasteiger partial charge on any atom is -0.461 e. The Bertz CT molecular complexity index is 1730. The summed E-state index contributed by atoms with van der Waals surface area (Å²) in [6.07, 6.45) is 6.98. The molecular weight excluding hydrogens is 594 g/mol. The van der Waals surface area contributed by atoms with Crippen LogP contribution in [-0.4, -0.2) is 93.3 Å². The summed E-state index contributed by atoms with van der Waals surface area (Å²) < 4.78 is 42.3. The van der Waals surface area contributed by atoms with Crippen molar-refractivity contribution in [2.75, 3.05) is 51.0 Å². The lowest BCUT2D eigenvalue weighted by Crippen LogP contribution is -2.52. The average molecular weight is 627 g/mol. The Kier molecular flexibility index (Phi) is 7.40. The van der Waals surface area contributed by atoms with Crippen LogP contribution in [0.15, 0.2) is 24.5 Å². The maximum Gasteiger partial charge on any atom is 0.407 e. The molecule has 0 saturated carbocycles. The van der Waals surface area contributed by atoms with Gasteiger partial charge in [-0.1, -0.05) is 11.6 Å². The zero-order chi connectivity index (χ0) is 30.5. The van der Waals surface area contributed by atoms with E-state index in [4.69, 9.17) is 26.1 Å². The number of amides is 1. The van der Waals surface area contributed by atoms with Gasteiger partial charge >= 0.3 is 12.1 Å². The van der Waals surface area contributed by atoms with Gasteiger partial charge in [0, 0.05) is 35.3 Å². The first-order chi connectivity index (χ1) is 21.3. The number of nitrogens with zero attached hydrogens (tertiary/aromatic N) is 6. The molecule has 4 aromatic rings. The van der Waals surface area contributed by atoms with Crippen molar-refractivity contribution in [2.24, 2.45) is 0 Å². The number of hydrogen-bond donors (Lipinski definition) is 2. The quantitative estimate of drug-likeness (QED) is 0.277. The van der Waals surface area contributed by atoms with Crippen molar-refractivity contribution in [1.29, 1.82) is 0 Å². The number of aromatic nitrogens is 5. The second-order valence-corrected chi connectivity index (χ2v) is 12.4. The number of aromatic amines is 1. The topological polar surface area (TPSA) is 121 Å². The van der Waals surface area contributed by atoms with Gasteiger partial charge in [-0.2, -0.15) is 15.1 Å². The van der Waals surface area contributed by atoms with Crippen LogP contribution >= 0.6 is 11.6 Å². The number of alkyl halides is 1. The van der Waals surface area contributed by atoms with E-state index in [1.54, 1.807) is 25.3 Å². The molecule has 44 heavy (non-hydrogen) atoms. The lowest BCUT2D eigenvalue weighted by molar-refractivity contribution is 0.108. The highest BCUT2D eigenvalue weighted by atomic mass is 35.5. The normalized spacial score (nSPS) is 21.3. The lowest BCUT2D eigenvalue weighted by Gasteiger charge is -2.31. The Morgan fingerprint density at radius 2 is 1.95 bits per heavy atom. The number of ether oxygens (including phenoxy) is 2. The molecule has 1 atom stereocenters. The molecule has 3 fully saturated rings. The Morgan fingerprint density at radius 1 is 1.14 bits per heavy atom. The van der Waals surface area contributed by atoms with Gasteiger partial charge in [0.1, 0.15) is 30.3 Å². The molecule has 0 bridgehead atoms. The molecular formula is C30H33ClF2N8O3. The molecule has 6 heterocycles. The third kappa shape index (κ3) is 4.95. The fourth-order valence-corrected chi connectivity index (χ4v) is 7.29. The molecule has 1 amide bonds. The first-order valence-electron chi connectivity index (χ1n) is 15.0. The van der Waals surface area contributed by atoms with Gasteiger partial charge in [-0.3, -0.25) is 15.0 Å². The third-order valence-corrected chi connectivity index (χ3v) is 9.47. The Hall–Kier alpha value is -3.84. The summed E-state index contributed by atoms with van der Waals surface area (Å²) in [5.74, 6) is -0.307. The number of nitrogens with one attached hydrogen (secondary N) is 2. The van der Waals surface area contributed by atoms with Crippen molar-refractivity contribution >= 4 is 45.3 Å². The second kappa shape index (κ2) is 11.3. The van der Waals surface area contributed by atoms with Gasteiger partial charge in [-0.15, -0.1) is 0 Å². The molecule has 3 saturated heterocycles. The van der Waals surface area contributed by atoms with Crippen LogP contribution in [0.4, 0.5) is 19.4 Å². The van der Waals surface area contributed by atoms with Gasteiger partial charge in [0.05, 0.1) is 34.8 Å². The molecule has 14 heteroatoms. The summed E-state index contributed by atoms with van der Waals surface area (Å²) in [6, 6.07) is 3.39. The van der Waals surface area contributed by atoms with E-state index < -0.39 is 24.1 Å². The molecule has 1 aromatic carbocycles. The minimum absolute atomic E-state index is 0.0231. The molecule has 0 aliphatic carbocycles. The molecule has 232 valence electrons. The number of fused-ring (bicyclic) bond motifs is 3. The second-order valence-electron chi connectivity index (χ2n) is 11.9. The van der Waals surface area contributed by atoms with E-state index in [1.165, 1.54) is 6.20 Å². The molecule has 0 spiro atoms. The Balaban J connectivity index is 1.30. The Labute approximate surface area is 257 Å². The van der Waals surface area contributed by atoms with Crippen LogP contribution < -0.4 is 15.0 Å². The molecule has 0 radical (unpaired) electrons. The molecule has 3 aliphatic rings. The average Bonchev–Trinajstić information content (AvgIpc) is 3.80. The summed E-state index contributed by atoms with van der Waals surface area (Å²) in [5.41, 5.74) is -0.0685. The molecule has 2 N–H and O–H groups in total. The van der Waals surface area contributed by atoms with E-state index in [9.17, 15) is 9.18 Å². The predicted octanol–water partition coefficient (Wildman–Crippen LogP) is 5.03. The number of alkyl carbamates (subject to hydrolysis) is 1. The number of benzene rings is 1. The first-order valence-corrected chi connectivity index (χ1v) is 15.3. The summed E-state index contributed by atoms with van der Waals surface area (Å²) in [5, 5.41) is 11.0. The first kappa shape index (κ1) is 28.9. The summed E-state index contributed by atoms with van der Waals surface area (Å²) in [4.78, 5) is 30.3. The summed E-state index contributed by atoms with van der Waals surface area (Å²) in [7, 11) is 0. The number of anilines is 1. The van der Waals surface area contributed by atoms with Crippen molar-refractivity contribution in [3.8, 4) is 17.3 Å². The molecule has 3 aliphatic heterocycles. The van der Waals surface area contributed by atoms with Crippen LogP contribution in [0.1, 0.15) is 39.0 Å².